The molecule has 2 aliphatic heterocycles. The average molecular weight is 448 g/mol. The summed E-state index contributed by atoms with van der Waals surface area (Å²) in [5, 5.41) is 5.79. The van der Waals surface area contributed by atoms with Gasteiger partial charge in [-0.15, -0.1) is 0 Å². The number of imide groups is 2. The van der Waals surface area contributed by atoms with Crippen molar-refractivity contribution >= 4 is 29.5 Å². The topological polar surface area (TPSA) is 104 Å². The molecule has 170 valence electrons. The molecule has 0 unspecified atom stereocenters. The number of furan rings is 1. The van der Waals surface area contributed by atoms with Crippen molar-refractivity contribution in [1.29, 1.82) is 0 Å². The van der Waals surface area contributed by atoms with Crippen LogP contribution in [-0.4, -0.2) is 56.9 Å². The molecule has 1 aliphatic carbocycles. The first kappa shape index (κ1) is 21.1. The van der Waals surface area contributed by atoms with Crippen molar-refractivity contribution in [2.45, 2.75) is 51.1 Å². The van der Waals surface area contributed by atoms with Crippen molar-refractivity contribution in [3.8, 4) is 0 Å². The number of rotatable bonds is 5. The first-order valence-electron chi connectivity index (χ1n) is 11.1. The fourth-order valence-corrected chi connectivity index (χ4v) is 4.72. The van der Waals surface area contributed by atoms with Gasteiger partial charge in [0.05, 0.1) is 12.0 Å². The summed E-state index contributed by atoms with van der Waals surface area (Å²) in [6.45, 7) is 1.44. The van der Waals surface area contributed by atoms with Crippen molar-refractivity contribution in [3.63, 3.8) is 0 Å². The maximum absolute atomic E-state index is 13.3. The number of nitrogens with zero attached hydrogens (tertiary/aromatic N) is 4. The first-order chi connectivity index (χ1) is 15.9. The van der Waals surface area contributed by atoms with Crippen LogP contribution in [0.1, 0.15) is 55.0 Å². The van der Waals surface area contributed by atoms with Gasteiger partial charge in [-0.3, -0.25) is 19.3 Å². The molecule has 9 nitrogen and oxygen atoms in total. The Hall–Kier alpha value is -3.75. The smallest absolute Gasteiger partial charge is 0.334 e. The van der Waals surface area contributed by atoms with Crippen molar-refractivity contribution in [2.75, 3.05) is 6.54 Å². The lowest BCUT2D eigenvalue weighted by Gasteiger charge is -2.23. The molecule has 0 spiro atoms. The second-order valence-electron chi connectivity index (χ2n) is 8.67. The number of carbonyl (C=O) groups excluding carboxylic acids is 4. The second-order valence-corrected chi connectivity index (χ2v) is 8.67. The summed E-state index contributed by atoms with van der Waals surface area (Å²) in [7, 11) is 0. The fourth-order valence-electron chi connectivity index (χ4n) is 4.72. The fraction of sp³-hybridized carbons (Fsp3) is 0.375. The molecule has 33 heavy (non-hydrogen) atoms. The number of amides is 5. The molecule has 3 heterocycles. The van der Waals surface area contributed by atoms with E-state index in [2.05, 4.69) is 5.10 Å². The van der Waals surface area contributed by atoms with Crippen molar-refractivity contribution in [1.82, 2.24) is 14.8 Å². The molecule has 1 atom stereocenters. The van der Waals surface area contributed by atoms with Crippen LogP contribution < -0.4 is 0 Å². The van der Waals surface area contributed by atoms with Crippen LogP contribution in [0.3, 0.4) is 0 Å². The van der Waals surface area contributed by atoms with Gasteiger partial charge in [-0.05, 0) is 37.5 Å². The highest BCUT2D eigenvalue weighted by atomic mass is 16.3. The van der Waals surface area contributed by atoms with Crippen LogP contribution in [-0.2, 0) is 14.4 Å². The summed E-state index contributed by atoms with van der Waals surface area (Å²) in [5.41, 5.74) is 2.69. The molecule has 9 heteroatoms. The summed E-state index contributed by atoms with van der Waals surface area (Å²) in [5.74, 6) is -1.82. The Morgan fingerprint density at radius 1 is 1.06 bits per heavy atom. The minimum Gasteiger partial charge on any atom is -0.467 e. The third-order valence-electron chi connectivity index (χ3n) is 6.49. The number of carbonyl (C=O) groups is 4. The Balaban J connectivity index is 1.39. The Labute approximate surface area is 190 Å². The van der Waals surface area contributed by atoms with E-state index in [1.807, 2.05) is 31.2 Å². The molecule has 1 saturated carbocycles. The summed E-state index contributed by atoms with van der Waals surface area (Å²) in [6, 6.07) is 9.80. The summed E-state index contributed by atoms with van der Waals surface area (Å²) >= 11 is 0. The third kappa shape index (κ3) is 3.73. The average Bonchev–Trinajstić information content (AvgIpc) is 3.60. The predicted octanol–water partition coefficient (Wildman–Crippen LogP) is 3.00. The van der Waals surface area contributed by atoms with Gasteiger partial charge >= 0.3 is 17.8 Å². The van der Waals surface area contributed by atoms with E-state index in [1.54, 1.807) is 12.1 Å². The molecule has 5 amide bonds. The molecule has 0 radical (unpaired) electrons. The molecular weight excluding hydrogens is 424 g/mol. The molecule has 1 aromatic heterocycles. The molecule has 1 saturated heterocycles. The van der Waals surface area contributed by atoms with Gasteiger partial charge in [0.25, 0.3) is 5.91 Å². The molecule has 5 rings (SSSR count). The van der Waals surface area contributed by atoms with Crippen LogP contribution in [0.15, 0.2) is 52.2 Å². The number of benzene rings is 1. The maximum Gasteiger partial charge on any atom is 0.334 e. The van der Waals surface area contributed by atoms with Crippen LogP contribution in [0.2, 0.25) is 0 Å². The van der Waals surface area contributed by atoms with Gasteiger partial charge in [0, 0.05) is 12.5 Å². The van der Waals surface area contributed by atoms with E-state index in [4.69, 9.17) is 4.42 Å². The monoisotopic (exact) mass is 448 g/mol. The second kappa shape index (κ2) is 8.31. The van der Waals surface area contributed by atoms with Crippen LogP contribution in [0.5, 0.6) is 0 Å². The number of aryl methyl sites for hydroxylation is 1. The van der Waals surface area contributed by atoms with Gasteiger partial charge < -0.3 is 4.42 Å². The lowest BCUT2D eigenvalue weighted by atomic mass is 10.0. The van der Waals surface area contributed by atoms with Crippen LogP contribution in [0, 0.1) is 6.92 Å². The Morgan fingerprint density at radius 2 is 1.79 bits per heavy atom. The van der Waals surface area contributed by atoms with Crippen molar-refractivity contribution in [3.05, 3.63) is 59.5 Å². The zero-order valence-electron chi connectivity index (χ0n) is 18.3. The van der Waals surface area contributed by atoms with Gasteiger partial charge in [-0.1, -0.05) is 42.7 Å². The Bertz CT molecular complexity index is 1130. The molecule has 3 aliphatic rings. The van der Waals surface area contributed by atoms with Crippen LogP contribution in [0.25, 0.3) is 0 Å². The van der Waals surface area contributed by atoms with Gasteiger partial charge in [0.15, 0.2) is 0 Å². The summed E-state index contributed by atoms with van der Waals surface area (Å²) in [4.78, 5) is 52.9. The quantitative estimate of drug-likeness (QED) is 0.517. The maximum atomic E-state index is 13.3. The normalized spacial score (nSPS) is 21.5. The highest BCUT2D eigenvalue weighted by molar-refractivity contribution is 6.45. The van der Waals surface area contributed by atoms with Gasteiger partial charge in [-0.25, -0.2) is 14.7 Å². The standard InChI is InChI=1S/C24H24N4O5/c1-15-8-10-16(11-9-15)18-13-19(20-7-4-12-33-20)28(25-18)21(29)14-26-22(30)23(31)27(24(26)32)17-5-2-3-6-17/h4,7-12,17,19H,2-3,5-6,13-14H2,1H3/t19-/m1/s1. The minimum atomic E-state index is -0.961. The lowest BCUT2D eigenvalue weighted by Crippen LogP contribution is -2.43. The Morgan fingerprint density at radius 3 is 2.45 bits per heavy atom. The van der Waals surface area contributed by atoms with E-state index in [1.165, 1.54) is 11.3 Å². The molecule has 1 aromatic carbocycles. The third-order valence-corrected chi connectivity index (χ3v) is 6.49. The van der Waals surface area contributed by atoms with E-state index in [0.717, 1.165) is 33.8 Å². The highest BCUT2D eigenvalue weighted by Gasteiger charge is 2.49. The highest BCUT2D eigenvalue weighted by Crippen LogP contribution is 2.34. The van der Waals surface area contributed by atoms with Crippen LogP contribution in [0.4, 0.5) is 4.79 Å². The van der Waals surface area contributed by atoms with Gasteiger partial charge in [0.1, 0.15) is 18.3 Å². The zero-order valence-corrected chi connectivity index (χ0v) is 18.3. The predicted molar refractivity (Wildman–Crippen MR) is 117 cm³/mol. The van der Waals surface area contributed by atoms with Crippen LogP contribution >= 0.6 is 0 Å². The van der Waals surface area contributed by atoms with E-state index < -0.39 is 36.3 Å². The first-order valence-corrected chi connectivity index (χ1v) is 11.1. The number of hydrazone groups is 1. The summed E-state index contributed by atoms with van der Waals surface area (Å²) < 4.78 is 5.54. The molecular formula is C24H24N4O5. The number of hydrogen-bond donors (Lipinski definition) is 0. The van der Waals surface area contributed by atoms with E-state index in [9.17, 15) is 19.2 Å². The molecule has 2 fully saturated rings. The molecule has 2 aromatic rings. The number of urea groups is 1. The lowest BCUT2D eigenvalue weighted by molar-refractivity contribution is -0.145. The summed E-state index contributed by atoms with van der Waals surface area (Å²) in [6.07, 6.45) is 5.13. The van der Waals surface area contributed by atoms with E-state index >= 15 is 0 Å². The Kier molecular flexibility index (Phi) is 5.32. The van der Waals surface area contributed by atoms with Gasteiger partial charge in [-0.2, -0.15) is 5.10 Å². The van der Waals surface area contributed by atoms with Gasteiger partial charge in [0.2, 0.25) is 0 Å². The molecule has 0 N–H and O–H groups in total. The van der Waals surface area contributed by atoms with Crippen molar-refractivity contribution < 1.29 is 23.6 Å². The van der Waals surface area contributed by atoms with Crippen molar-refractivity contribution in [2.24, 2.45) is 5.10 Å². The largest absolute Gasteiger partial charge is 0.467 e. The minimum absolute atomic E-state index is 0.275. The SMILES string of the molecule is Cc1ccc(C2=NN(C(=O)CN3C(=O)C(=O)N(C4CCCC4)C3=O)[C@@H](c3ccco3)C2)cc1. The molecule has 0 bridgehead atoms. The van der Waals surface area contributed by atoms with E-state index in [-0.39, 0.29) is 6.04 Å². The van der Waals surface area contributed by atoms with E-state index in [0.29, 0.717) is 30.7 Å². The zero-order chi connectivity index (χ0) is 23.1. The number of hydrogen-bond acceptors (Lipinski definition) is 6.